The Kier molecular flexibility index (Phi) is 5.56. The van der Waals surface area contributed by atoms with Crippen LogP contribution in [0.15, 0.2) is 35.5 Å². The van der Waals surface area contributed by atoms with Gasteiger partial charge in [0, 0.05) is 45.3 Å². The topological polar surface area (TPSA) is 75.5 Å². The van der Waals surface area contributed by atoms with Gasteiger partial charge in [-0.05, 0) is 30.7 Å². The van der Waals surface area contributed by atoms with E-state index < -0.39 is 21.7 Å². The largest absolute Gasteiger partial charge is 0.340 e. The molecule has 27 heavy (non-hydrogen) atoms. The number of sulfonamides is 1. The molecule has 0 aliphatic carbocycles. The first-order valence-corrected chi connectivity index (χ1v) is 9.93. The molecule has 1 aliphatic rings. The predicted octanol–water partition coefficient (Wildman–Crippen LogP) is 1.39. The summed E-state index contributed by atoms with van der Waals surface area (Å²) in [6.45, 7) is 3.08. The minimum atomic E-state index is -3.93. The van der Waals surface area contributed by atoms with Gasteiger partial charge in [-0.3, -0.25) is 9.48 Å². The van der Waals surface area contributed by atoms with Gasteiger partial charge in [-0.25, -0.2) is 17.2 Å². The lowest BCUT2D eigenvalue weighted by molar-refractivity contribution is -0.132. The summed E-state index contributed by atoms with van der Waals surface area (Å²) in [5.41, 5.74) is 1.01. The van der Waals surface area contributed by atoms with E-state index in [4.69, 9.17) is 0 Å². The smallest absolute Gasteiger partial charge is 0.243 e. The third kappa shape index (κ3) is 4.33. The normalized spacial score (nSPS) is 15.9. The second-order valence-corrected chi connectivity index (χ2v) is 8.33. The molecule has 1 aliphatic heterocycles. The van der Waals surface area contributed by atoms with Gasteiger partial charge in [-0.2, -0.15) is 9.40 Å². The molecule has 0 radical (unpaired) electrons. The first-order chi connectivity index (χ1) is 12.8. The highest BCUT2D eigenvalue weighted by molar-refractivity contribution is 7.89. The third-order valence-corrected chi connectivity index (χ3v) is 6.33. The number of nitrogens with zero attached hydrogens (tertiary/aromatic N) is 4. The molecule has 1 amide bonds. The Morgan fingerprint density at radius 2 is 1.85 bits per heavy atom. The lowest BCUT2D eigenvalue weighted by atomic mass is 10.3. The monoisotopic (exact) mass is 398 g/mol. The van der Waals surface area contributed by atoms with E-state index in [2.05, 4.69) is 5.10 Å². The molecule has 0 atom stereocenters. The van der Waals surface area contributed by atoms with Crippen LogP contribution in [0.5, 0.6) is 0 Å². The van der Waals surface area contributed by atoms with E-state index in [9.17, 15) is 22.0 Å². The van der Waals surface area contributed by atoms with Gasteiger partial charge in [0.15, 0.2) is 11.6 Å². The molecular formula is C17H20F2N4O3S. The summed E-state index contributed by atoms with van der Waals surface area (Å²) >= 11 is 0. The van der Waals surface area contributed by atoms with Gasteiger partial charge < -0.3 is 4.90 Å². The fourth-order valence-electron chi connectivity index (χ4n) is 2.92. The van der Waals surface area contributed by atoms with E-state index in [1.807, 2.05) is 13.1 Å². The number of carbonyl (C=O) groups excluding carboxylic acids is 1. The Morgan fingerprint density at radius 3 is 2.44 bits per heavy atom. The molecule has 3 rings (SSSR count). The SMILES string of the molecule is Cc1cnn(CCC(=O)N2CCN(S(=O)(=O)c3ccc(F)c(F)c3)CC2)c1. The third-order valence-electron chi connectivity index (χ3n) is 4.44. The molecule has 0 bridgehead atoms. The minimum absolute atomic E-state index is 0.0759. The van der Waals surface area contributed by atoms with Crippen LogP contribution in [0, 0.1) is 18.6 Å². The van der Waals surface area contributed by atoms with E-state index in [1.54, 1.807) is 15.8 Å². The number of hydrogen-bond donors (Lipinski definition) is 0. The Balaban J connectivity index is 1.57. The van der Waals surface area contributed by atoms with E-state index in [0.29, 0.717) is 12.6 Å². The predicted molar refractivity (Wildman–Crippen MR) is 93.3 cm³/mol. The summed E-state index contributed by atoms with van der Waals surface area (Å²) in [6, 6.07) is 2.50. The molecule has 1 aromatic heterocycles. The summed E-state index contributed by atoms with van der Waals surface area (Å²) in [4.78, 5) is 13.6. The number of carbonyl (C=O) groups is 1. The van der Waals surface area contributed by atoms with Crippen molar-refractivity contribution in [3.8, 4) is 0 Å². The lowest BCUT2D eigenvalue weighted by Crippen LogP contribution is -2.50. The van der Waals surface area contributed by atoms with Crippen molar-refractivity contribution in [2.75, 3.05) is 26.2 Å². The molecule has 0 spiro atoms. The van der Waals surface area contributed by atoms with Crippen LogP contribution in [0.1, 0.15) is 12.0 Å². The maximum atomic E-state index is 13.4. The van der Waals surface area contributed by atoms with Gasteiger partial charge in [-0.15, -0.1) is 0 Å². The van der Waals surface area contributed by atoms with Crippen LogP contribution >= 0.6 is 0 Å². The zero-order valence-corrected chi connectivity index (χ0v) is 15.6. The Morgan fingerprint density at radius 1 is 1.15 bits per heavy atom. The fraction of sp³-hybridized carbons (Fsp3) is 0.412. The second kappa shape index (κ2) is 7.73. The van der Waals surface area contributed by atoms with Crippen LogP contribution in [-0.2, 0) is 21.4 Å². The standard InChI is InChI=1S/C17H20F2N4O3S/c1-13-11-20-22(12-13)5-4-17(24)21-6-8-23(9-7-21)27(25,26)14-2-3-15(18)16(19)10-14/h2-3,10-12H,4-9H2,1H3. The molecule has 0 N–H and O–H groups in total. The molecule has 7 nitrogen and oxygen atoms in total. The molecular weight excluding hydrogens is 378 g/mol. The summed E-state index contributed by atoms with van der Waals surface area (Å²) in [6.07, 6.45) is 3.84. The number of rotatable bonds is 5. The van der Waals surface area contributed by atoms with Crippen molar-refractivity contribution in [3.05, 3.63) is 47.8 Å². The van der Waals surface area contributed by atoms with Gasteiger partial charge in [0.05, 0.1) is 11.1 Å². The maximum Gasteiger partial charge on any atom is 0.243 e. The van der Waals surface area contributed by atoms with Crippen LogP contribution < -0.4 is 0 Å². The molecule has 1 fully saturated rings. The van der Waals surface area contributed by atoms with Gasteiger partial charge >= 0.3 is 0 Å². The van der Waals surface area contributed by atoms with E-state index in [-0.39, 0.29) is 43.4 Å². The van der Waals surface area contributed by atoms with E-state index in [0.717, 1.165) is 17.7 Å². The Hall–Kier alpha value is -2.33. The van der Waals surface area contributed by atoms with Gasteiger partial charge in [0.25, 0.3) is 0 Å². The number of aromatic nitrogens is 2. The van der Waals surface area contributed by atoms with Crippen molar-refractivity contribution >= 4 is 15.9 Å². The van der Waals surface area contributed by atoms with E-state index in [1.165, 1.54) is 4.31 Å². The van der Waals surface area contributed by atoms with Crippen molar-refractivity contribution in [1.29, 1.82) is 0 Å². The second-order valence-electron chi connectivity index (χ2n) is 6.39. The number of halogens is 2. The van der Waals surface area contributed by atoms with Crippen LogP contribution in [0.4, 0.5) is 8.78 Å². The molecule has 2 aromatic rings. The number of piperazine rings is 1. The number of hydrogen-bond acceptors (Lipinski definition) is 4. The van der Waals surface area contributed by atoms with Gasteiger partial charge in [0.2, 0.25) is 15.9 Å². The highest BCUT2D eigenvalue weighted by atomic mass is 32.2. The van der Waals surface area contributed by atoms with Crippen LogP contribution in [0.3, 0.4) is 0 Å². The Labute approximate surface area is 156 Å². The molecule has 146 valence electrons. The van der Waals surface area contributed by atoms with Crippen LogP contribution in [0.2, 0.25) is 0 Å². The van der Waals surface area contributed by atoms with Gasteiger partial charge in [0.1, 0.15) is 0 Å². The van der Waals surface area contributed by atoms with Crippen molar-refractivity contribution in [2.45, 2.75) is 24.8 Å². The summed E-state index contributed by atoms with van der Waals surface area (Å²) < 4.78 is 54.4. The zero-order chi connectivity index (χ0) is 19.6. The summed E-state index contributed by atoms with van der Waals surface area (Å²) in [7, 11) is -3.93. The molecule has 1 aromatic carbocycles. The first kappa shape index (κ1) is 19.4. The molecule has 2 heterocycles. The van der Waals surface area contributed by atoms with Crippen molar-refractivity contribution in [3.63, 3.8) is 0 Å². The average molecular weight is 398 g/mol. The molecule has 0 saturated carbocycles. The van der Waals surface area contributed by atoms with Crippen molar-refractivity contribution in [2.24, 2.45) is 0 Å². The van der Waals surface area contributed by atoms with Crippen molar-refractivity contribution in [1.82, 2.24) is 19.0 Å². The average Bonchev–Trinajstić information content (AvgIpc) is 3.07. The van der Waals surface area contributed by atoms with Crippen LogP contribution in [-0.4, -0.2) is 59.5 Å². The first-order valence-electron chi connectivity index (χ1n) is 8.49. The molecule has 0 unspecified atom stereocenters. The van der Waals surface area contributed by atoms with E-state index >= 15 is 0 Å². The quantitative estimate of drug-likeness (QED) is 0.763. The summed E-state index contributed by atoms with van der Waals surface area (Å²) in [5, 5.41) is 4.13. The molecule has 10 heteroatoms. The number of aryl methyl sites for hydroxylation is 2. The maximum absolute atomic E-state index is 13.4. The zero-order valence-electron chi connectivity index (χ0n) is 14.8. The fourth-order valence-corrected chi connectivity index (χ4v) is 4.36. The Bertz CT molecular complexity index is 937. The number of amides is 1. The number of benzene rings is 1. The van der Waals surface area contributed by atoms with Crippen molar-refractivity contribution < 1.29 is 22.0 Å². The van der Waals surface area contributed by atoms with Crippen LogP contribution in [0.25, 0.3) is 0 Å². The van der Waals surface area contributed by atoms with Gasteiger partial charge in [-0.1, -0.05) is 0 Å². The lowest BCUT2D eigenvalue weighted by Gasteiger charge is -2.34. The highest BCUT2D eigenvalue weighted by Gasteiger charge is 2.30. The molecule has 1 saturated heterocycles. The summed E-state index contributed by atoms with van der Waals surface area (Å²) in [5.74, 6) is -2.39. The highest BCUT2D eigenvalue weighted by Crippen LogP contribution is 2.20. The minimum Gasteiger partial charge on any atom is -0.340 e.